The number of primary sulfonamides is 1. The molecular weight excluding hydrogens is 573 g/mol. The Morgan fingerprint density at radius 3 is 1.80 bits per heavy atom. The van der Waals surface area contributed by atoms with Crippen LogP contribution in [0.4, 0.5) is 17.6 Å². The second-order valence-electron chi connectivity index (χ2n) is 10.8. The number of hydrogen-bond acceptors (Lipinski definition) is 10. The zero-order valence-electron chi connectivity index (χ0n) is 22.9. The van der Waals surface area contributed by atoms with Crippen LogP contribution in [-0.2, 0) is 20.9 Å². The standard InChI is InChI=1S/C17H20N6O3S2.C9H12O2S/c1-17(2,3)13-9-8-12(27-13)14(24)23-15(18)21-16(22-23)20-10-4-6-11(7-5-10)28(19,25)26;1-9(2,3)7-5-4-6(12-7)8(10)11/h4-9H,1-3H3,(H2,19,25,26)(H3,18,20,21,22);4-5H,1-3H3,(H,10,11). The van der Waals surface area contributed by atoms with Gasteiger partial charge in [0, 0.05) is 15.4 Å². The first kappa shape index (κ1) is 30.9. The normalized spacial score (nSPS) is 12.0. The molecular formula is C26H32N6O5S3. The second kappa shape index (κ2) is 11.5. The molecule has 0 aliphatic rings. The molecule has 0 saturated heterocycles. The lowest BCUT2D eigenvalue weighted by Gasteiger charge is -2.15. The number of hydrogen-bond donors (Lipinski definition) is 4. The van der Waals surface area contributed by atoms with Crippen LogP contribution in [0.25, 0.3) is 0 Å². The third-order valence-electron chi connectivity index (χ3n) is 5.38. The number of aromatic nitrogens is 3. The van der Waals surface area contributed by atoms with E-state index in [-0.39, 0.29) is 33.5 Å². The van der Waals surface area contributed by atoms with E-state index < -0.39 is 16.0 Å². The fourth-order valence-electron chi connectivity index (χ4n) is 3.20. The van der Waals surface area contributed by atoms with Crippen molar-refractivity contribution in [2.45, 2.75) is 57.3 Å². The van der Waals surface area contributed by atoms with E-state index in [0.29, 0.717) is 15.4 Å². The van der Waals surface area contributed by atoms with Crippen molar-refractivity contribution >= 4 is 62.2 Å². The van der Waals surface area contributed by atoms with E-state index in [9.17, 15) is 18.0 Å². The number of anilines is 3. The quantitative estimate of drug-likeness (QED) is 0.242. The highest BCUT2D eigenvalue weighted by Gasteiger charge is 2.22. The van der Waals surface area contributed by atoms with E-state index in [1.54, 1.807) is 12.1 Å². The molecule has 0 fully saturated rings. The number of carbonyl (C=O) groups excluding carboxylic acids is 1. The molecule has 6 N–H and O–H groups in total. The number of benzene rings is 1. The second-order valence-corrected chi connectivity index (χ2v) is 14.6. The Kier molecular flexibility index (Phi) is 8.89. The maximum atomic E-state index is 12.7. The smallest absolute Gasteiger partial charge is 0.345 e. The largest absolute Gasteiger partial charge is 0.477 e. The van der Waals surface area contributed by atoms with Crippen LogP contribution in [-0.4, -0.2) is 40.2 Å². The maximum absolute atomic E-state index is 12.7. The number of carboxylic acid groups (broad SMARTS) is 1. The predicted molar refractivity (Wildman–Crippen MR) is 158 cm³/mol. The number of nitrogens with one attached hydrogen (secondary N) is 1. The lowest BCUT2D eigenvalue weighted by atomic mass is 9.95. The van der Waals surface area contributed by atoms with Crippen LogP contribution in [0.1, 0.15) is 70.6 Å². The molecule has 3 aromatic heterocycles. The molecule has 4 aromatic rings. The van der Waals surface area contributed by atoms with Gasteiger partial charge in [0.15, 0.2) is 0 Å². The number of nitrogen functional groups attached to an aromatic ring is 1. The molecule has 3 heterocycles. The Labute approximate surface area is 240 Å². The van der Waals surface area contributed by atoms with Crippen LogP contribution in [0.15, 0.2) is 53.4 Å². The molecule has 40 heavy (non-hydrogen) atoms. The van der Waals surface area contributed by atoms with Crippen molar-refractivity contribution in [3.63, 3.8) is 0 Å². The Hall–Kier alpha value is -3.59. The lowest BCUT2D eigenvalue weighted by Crippen LogP contribution is -2.15. The van der Waals surface area contributed by atoms with Crippen molar-refractivity contribution in [3.8, 4) is 0 Å². The molecule has 0 amide bonds. The summed E-state index contributed by atoms with van der Waals surface area (Å²) < 4.78 is 23.6. The SMILES string of the molecule is CC(C)(C)c1ccc(C(=O)O)s1.CC(C)(C)c1ccc(C(=O)n2nc(Nc3ccc(S(N)(=O)=O)cc3)nc2N)s1. The van der Waals surface area contributed by atoms with E-state index in [0.717, 1.165) is 14.4 Å². The molecule has 0 aliphatic heterocycles. The van der Waals surface area contributed by atoms with Gasteiger partial charge in [-0.05, 0) is 59.4 Å². The fourth-order valence-corrected chi connectivity index (χ4v) is 5.61. The number of carbonyl (C=O) groups is 2. The van der Waals surface area contributed by atoms with Crippen LogP contribution < -0.4 is 16.2 Å². The molecule has 0 atom stereocenters. The van der Waals surface area contributed by atoms with E-state index in [2.05, 4.69) is 56.9 Å². The molecule has 0 saturated carbocycles. The number of nitrogens with two attached hydrogens (primary N) is 2. The van der Waals surface area contributed by atoms with Gasteiger partial charge in [0.1, 0.15) is 4.88 Å². The van der Waals surface area contributed by atoms with Crippen molar-refractivity contribution in [1.82, 2.24) is 14.8 Å². The van der Waals surface area contributed by atoms with Crippen LogP contribution in [0, 0.1) is 0 Å². The highest BCUT2D eigenvalue weighted by Crippen LogP contribution is 2.31. The minimum absolute atomic E-state index is 0.0152. The van der Waals surface area contributed by atoms with Gasteiger partial charge in [0.2, 0.25) is 21.9 Å². The first-order valence-corrected chi connectivity index (χ1v) is 15.2. The zero-order chi connectivity index (χ0) is 30.0. The summed E-state index contributed by atoms with van der Waals surface area (Å²) in [7, 11) is -3.77. The molecule has 0 radical (unpaired) electrons. The summed E-state index contributed by atoms with van der Waals surface area (Å²) >= 11 is 2.73. The minimum Gasteiger partial charge on any atom is -0.477 e. The monoisotopic (exact) mass is 604 g/mol. The highest BCUT2D eigenvalue weighted by molar-refractivity contribution is 7.89. The highest BCUT2D eigenvalue weighted by atomic mass is 32.2. The van der Waals surface area contributed by atoms with Crippen LogP contribution in [0.2, 0.25) is 0 Å². The van der Waals surface area contributed by atoms with Gasteiger partial charge in [-0.15, -0.1) is 27.8 Å². The third-order valence-corrected chi connectivity index (χ3v) is 9.30. The summed E-state index contributed by atoms with van der Waals surface area (Å²) in [5.74, 6) is -1.15. The Balaban J connectivity index is 0.000000307. The topological polar surface area (TPSA) is 183 Å². The molecule has 0 bridgehead atoms. The van der Waals surface area contributed by atoms with Crippen molar-refractivity contribution in [2.24, 2.45) is 5.14 Å². The maximum Gasteiger partial charge on any atom is 0.345 e. The summed E-state index contributed by atoms with van der Waals surface area (Å²) in [6.45, 7) is 12.4. The van der Waals surface area contributed by atoms with E-state index in [4.69, 9.17) is 16.0 Å². The summed E-state index contributed by atoms with van der Waals surface area (Å²) in [4.78, 5) is 30.4. The third kappa shape index (κ3) is 7.75. The molecule has 0 aliphatic carbocycles. The van der Waals surface area contributed by atoms with E-state index in [1.807, 2.05) is 12.1 Å². The van der Waals surface area contributed by atoms with Crippen molar-refractivity contribution < 1.29 is 23.1 Å². The summed E-state index contributed by atoms with van der Waals surface area (Å²) in [5.41, 5.74) is 6.35. The summed E-state index contributed by atoms with van der Waals surface area (Å²) in [6, 6.07) is 12.9. The molecule has 1 aromatic carbocycles. The number of carboxylic acids is 1. The molecule has 11 nitrogen and oxygen atoms in total. The van der Waals surface area contributed by atoms with Gasteiger partial charge in [-0.2, -0.15) is 9.67 Å². The Morgan fingerprint density at radius 1 is 0.875 bits per heavy atom. The number of thiophene rings is 2. The predicted octanol–water partition coefficient (Wildman–Crippen LogP) is 5.04. The van der Waals surface area contributed by atoms with Gasteiger partial charge in [-0.1, -0.05) is 41.5 Å². The molecule has 0 unspecified atom stereocenters. The molecule has 0 spiro atoms. The Morgan fingerprint density at radius 2 is 1.38 bits per heavy atom. The average molecular weight is 605 g/mol. The summed E-state index contributed by atoms with van der Waals surface area (Å²) in [5, 5.41) is 20.7. The first-order chi connectivity index (χ1) is 18.4. The van der Waals surface area contributed by atoms with Crippen LogP contribution >= 0.6 is 22.7 Å². The van der Waals surface area contributed by atoms with Gasteiger partial charge < -0.3 is 16.2 Å². The fraction of sp³-hybridized carbons (Fsp3) is 0.308. The average Bonchev–Trinajstić information content (AvgIpc) is 3.58. The molecule has 4 rings (SSSR count). The van der Waals surface area contributed by atoms with Gasteiger partial charge >= 0.3 is 5.97 Å². The van der Waals surface area contributed by atoms with Gasteiger partial charge in [0.05, 0.1) is 9.77 Å². The van der Waals surface area contributed by atoms with E-state index in [1.165, 1.54) is 46.9 Å². The molecule has 214 valence electrons. The van der Waals surface area contributed by atoms with Crippen molar-refractivity contribution in [2.75, 3.05) is 11.1 Å². The number of sulfonamides is 1. The first-order valence-electron chi connectivity index (χ1n) is 12.0. The van der Waals surface area contributed by atoms with Crippen LogP contribution in [0.5, 0.6) is 0 Å². The number of rotatable bonds is 5. The van der Waals surface area contributed by atoms with Crippen molar-refractivity contribution in [3.05, 3.63) is 68.0 Å². The summed E-state index contributed by atoms with van der Waals surface area (Å²) in [6.07, 6.45) is 0. The van der Waals surface area contributed by atoms with Crippen LogP contribution in [0.3, 0.4) is 0 Å². The Bertz CT molecular complexity index is 1620. The van der Waals surface area contributed by atoms with E-state index >= 15 is 0 Å². The van der Waals surface area contributed by atoms with Gasteiger partial charge in [-0.25, -0.2) is 18.4 Å². The van der Waals surface area contributed by atoms with Gasteiger partial charge in [0.25, 0.3) is 5.91 Å². The van der Waals surface area contributed by atoms with Gasteiger partial charge in [-0.3, -0.25) is 4.79 Å². The lowest BCUT2D eigenvalue weighted by molar-refractivity contribution is 0.0701. The number of aromatic carboxylic acids is 1. The molecule has 14 heteroatoms. The number of nitrogens with zero attached hydrogens (tertiary/aromatic N) is 3. The zero-order valence-corrected chi connectivity index (χ0v) is 25.4. The van der Waals surface area contributed by atoms with Crippen molar-refractivity contribution in [1.29, 1.82) is 0 Å². The minimum atomic E-state index is -3.77.